The fraction of sp³-hybridized carbons (Fsp3) is 0.136. The largest absolute Gasteiger partial charge is 0.383 e. The Morgan fingerprint density at radius 3 is 2.68 bits per heavy atom. The smallest absolute Gasteiger partial charge is 0.326 e. The second kappa shape index (κ2) is 8.74. The summed E-state index contributed by atoms with van der Waals surface area (Å²) >= 11 is 1.38. The van der Waals surface area contributed by atoms with Crippen LogP contribution in [-0.2, 0) is 6.54 Å². The Morgan fingerprint density at radius 1 is 1.13 bits per heavy atom. The van der Waals surface area contributed by atoms with Crippen molar-refractivity contribution in [3.05, 3.63) is 70.4 Å². The third kappa shape index (κ3) is 3.87. The van der Waals surface area contributed by atoms with E-state index < -0.39 is 0 Å². The number of para-hydroxylation sites is 2. The first-order chi connectivity index (χ1) is 15.1. The Labute approximate surface area is 182 Å². The summed E-state index contributed by atoms with van der Waals surface area (Å²) in [7, 11) is 0. The molecule has 0 amide bonds. The number of anilines is 1. The molecular weight excluding hydrogens is 410 g/mol. The lowest BCUT2D eigenvalue weighted by molar-refractivity contribution is 0.679. The monoisotopic (exact) mass is 427 g/mol. The molecule has 0 unspecified atom stereocenters. The van der Waals surface area contributed by atoms with Crippen LogP contribution in [0.2, 0.25) is 0 Å². The zero-order valence-electron chi connectivity index (χ0n) is 16.4. The fourth-order valence-electron chi connectivity index (χ4n) is 3.42. The predicted octanol–water partition coefficient (Wildman–Crippen LogP) is 3.29. The molecule has 0 fully saturated rings. The van der Waals surface area contributed by atoms with E-state index in [4.69, 9.17) is 5.73 Å². The minimum Gasteiger partial charge on any atom is -0.383 e. The number of aromatic amines is 1. The van der Waals surface area contributed by atoms with Gasteiger partial charge in [-0.3, -0.25) is 9.55 Å². The van der Waals surface area contributed by atoms with Gasteiger partial charge in [0.25, 0.3) is 0 Å². The van der Waals surface area contributed by atoms with E-state index in [1.54, 1.807) is 29.1 Å². The predicted molar refractivity (Wildman–Crippen MR) is 119 cm³/mol. The van der Waals surface area contributed by atoms with E-state index in [2.05, 4.69) is 27.1 Å². The fourth-order valence-corrected chi connectivity index (χ4v) is 4.34. The van der Waals surface area contributed by atoms with E-state index >= 15 is 0 Å². The van der Waals surface area contributed by atoms with E-state index in [1.807, 2.05) is 24.3 Å². The van der Waals surface area contributed by atoms with Crippen LogP contribution in [0.1, 0.15) is 17.5 Å². The highest BCUT2D eigenvalue weighted by molar-refractivity contribution is 7.99. The molecule has 8 nitrogen and oxygen atoms in total. The van der Waals surface area contributed by atoms with Crippen molar-refractivity contribution in [2.45, 2.75) is 18.0 Å². The van der Waals surface area contributed by atoms with Crippen LogP contribution in [-0.4, -0.2) is 25.3 Å². The summed E-state index contributed by atoms with van der Waals surface area (Å²) < 4.78 is 1.70. The number of pyridine rings is 2. The molecule has 0 aliphatic rings. The summed E-state index contributed by atoms with van der Waals surface area (Å²) in [6, 6.07) is 15.3. The van der Waals surface area contributed by atoms with Gasteiger partial charge in [-0.05, 0) is 24.6 Å². The number of benzene rings is 1. The average Bonchev–Trinajstić information content (AvgIpc) is 3.11. The third-order valence-corrected chi connectivity index (χ3v) is 5.87. The van der Waals surface area contributed by atoms with Crippen molar-refractivity contribution in [3.63, 3.8) is 0 Å². The van der Waals surface area contributed by atoms with Crippen LogP contribution in [0.15, 0.2) is 58.6 Å². The highest BCUT2D eigenvalue weighted by atomic mass is 32.2. The Balaban J connectivity index is 1.58. The van der Waals surface area contributed by atoms with Crippen molar-refractivity contribution in [3.8, 4) is 23.3 Å². The summed E-state index contributed by atoms with van der Waals surface area (Å²) in [5.74, 6) is 0.696. The van der Waals surface area contributed by atoms with Gasteiger partial charge in [0.1, 0.15) is 28.5 Å². The van der Waals surface area contributed by atoms with Gasteiger partial charge in [0, 0.05) is 35.8 Å². The quantitative estimate of drug-likeness (QED) is 0.356. The van der Waals surface area contributed by atoms with Crippen molar-refractivity contribution < 1.29 is 0 Å². The molecule has 4 rings (SSSR count). The maximum absolute atomic E-state index is 12.2. The number of thioether (sulfide) groups is 1. The molecule has 1 aromatic carbocycles. The number of imidazole rings is 1. The summed E-state index contributed by atoms with van der Waals surface area (Å²) in [4.78, 5) is 23.4. The van der Waals surface area contributed by atoms with Gasteiger partial charge in [0.2, 0.25) is 0 Å². The Bertz CT molecular complexity index is 1390. The number of hydrogen-bond donors (Lipinski definition) is 2. The van der Waals surface area contributed by atoms with E-state index in [-0.39, 0.29) is 17.1 Å². The van der Waals surface area contributed by atoms with Crippen molar-refractivity contribution in [2.75, 3.05) is 11.5 Å². The van der Waals surface area contributed by atoms with Crippen LogP contribution in [0.25, 0.3) is 22.2 Å². The maximum atomic E-state index is 12.2. The molecule has 31 heavy (non-hydrogen) atoms. The Hall–Kier alpha value is -4.08. The van der Waals surface area contributed by atoms with Crippen molar-refractivity contribution in [2.24, 2.45) is 0 Å². The van der Waals surface area contributed by atoms with Crippen LogP contribution in [0.3, 0.4) is 0 Å². The molecule has 0 radical (unpaired) electrons. The van der Waals surface area contributed by atoms with Crippen molar-refractivity contribution in [1.29, 1.82) is 10.5 Å². The highest BCUT2D eigenvalue weighted by Crippen LogP contribution is 2.35. The van der Waals surface area contributed by atoms with Gasteiger partial charge < -0.3 is 10.7 Å². The minimum atomic E-state index is -0.150. The minimum absolute atomic E-state index is 0.0794. The van der Waals surface area contributed by atoms with Crippen LogP contribution >= 0.6 is 11.8 Å². The van der Waals surface area contributed by atoms with E-state index in [0.717, 1.165) is 11.0 Å². The standard InChI is InChI=1S/C22H17N7OS/c23-11-15-19(14-5-3-8-26-13-14)16(12-24)21(28-20(15)25)31-10-4-9-29-18-7-2-1-6-17(18)27-22(29)30/h1-3,5-8,13H,4,9-10H2,(H2,25,28)(H,27,30). The molecule has 0 saturated carbocycles. The van der Waals surface area contributed by atoms with Gasteiger partial charge in [0.15, 0.2) is 0 Å². The van der Waals surface area contributed by atoms with Crippen molar-refractivity contribution in [1.82, 2.24) is 19.5 Å². The topological polar surface area (TPSA) is 137 Å². The number of nitrogens with one attached hydrogen (secondary N) is 1. The molecule has 3 N–H and O–H groups in total. The van der Waals surface area contributed by atoms with Gasteiger partial charge in [-0.15, -0.1) is 11.8 Å². The molecule has 4 aromatic rings. The summed E-state index contributed by atoms with van der Waals surface area (Å²) in [5, 5.41) is 19.8. The molecule has 152 valence electrons. The first kappa shape index (κ1) is 20.2. The zero-order chi connectivity index (χ0) is 21.8. The number of nitriles is 2. The van der Waals surface area contributed by atoms with E-state index in [1.165, 1.54) is 11.8 Å². The normalized spacial score (nSPS) is 10.6. The number of aromatic nitrogens is 4. The lowest BCUT2D eigenvalue weighted by Crippen LogP contribution is -2.17. The zero-order valence-corrected chi connectivity index (χ0v) is 17.2. The van der Waals surface area contributed by atoms with Gasteiger partial charge in [-0.1, -0.05) is 18.2 Å². The number of H-pyrrole nitrogens is 1. The lowest BCUT2D eigenvalue weighted by atomic mass is 9.98. The number of nitrogens with zero attached hydrogens (tertiary/aromatic N) is 5. The molecule has 0 atom stereocenters. The Morgan fingerprint density at radius 2 is 1.94 bits per heavy atom. The molecule has 3 aromatic heterocycles. The number of fused-ring (bicyclic) bond motifs is 1. The second-order valence-electron chi connectivity index (χ2n) is 6.69. The molecule has 0 saturated heterocycles. The average molecular weight is 427 g/mol. The summed E-state index contributed by atoms with van der Waals surface area (Å²) in [5.41, 5.74) is 9.08. The molecule has 9 heteroatoms. The summed E-state index contributed by atoms with van der Waals surface area (Å²) in [6.45, 7) is 0.527. The molecular formula is C22H17N7OS. The highest BCUT2D eigenvalue weighted by Gasteiger charge is 2.20. The maximum Gasteiger partial charge on any atom is 0.326 e. The second-order valence-corrected chi connectivity index (χ2v) is 7.78. The first-order valence-electron chi connectivity index (χ1n) is 9.48. The molecule has 3 heterocycles. The van der Waals surface area contributed by atoms with Crippen LogP contribution in [0.5, 0.6) is 0 Å². The van der Waals surface area contributed by atoms with Gasteiger partial charge >= 0.3 is 5.69 Å². The Kier molecular flexibility index (Phi) is 5.69. The van der Waals surface area contributed by atoms with Gasteiger partial charge in [0.05, 0.1) is 16.6 Å². The van der Waals surface area contributed by atoms with E-state index in [9.17, 15) is 15.3 Å². The third-order valence-electron chi connectivity index (χ3n) is 4.81. The van der Waals surface area contributed by atoms with E-state index in [0.29, 0.717) is 40.4 Å². The lowest BCUT2D eigenvalue weighted by Gasteiger charge is -2.12. The summed E-state index contributed by atoms with van der Waals surface area (Å²) in [6.07, 6.45) is 3.89. The number of rotatable bonds is 6. The van der Waals surface area contributed by atoms with Crippen molar-refractivity contribution >= 4 is 28.6 Å². The molecule has 0 aliphatic carbocycles. The first-order valence-corrected chi connectivity index (χ1v) is 10.5. The van der Waals surface area contributed by atoms with Crippen LogP contribution in [0.4, 0.5) is 5.82 Å². The van der Waals surface area contributed by atoms with Gasteiger partial charge in [-0.25, -0.2) is 9.78 Å². The molecule has 0 bridgehead atoms. The number of aryl methyl sites for hydroxylation is 1. The number of hydrogen-bond acceptors (Lipinski definition) is 7. The number of nitrogens with two attached hydrogens (primary N) is 1. The number of nitrogen functional groups attached to an aromatic ring is 1. The van der Waals surface area contributed by atoms with Crippen LogP contribution < -0.4 is 11.4 Å². The molecule has 0 aliphatic heterocycles. The van der Waals surface area contributed by atoms with Crippen LogP contribution in [0, 0.1) is 22.7 Å². The van der Waals surface area contributed by atoms with Gasteiger partial charge in [-0.2, -0.15) is 10.5 Å². The SMILES string of the molecule is N#Cc1c(N)nc(SCCCn2c(=O)[nH]c3ccccc32)c(C#N)c1-c1cccnc1. The molecule has 0 spiro atoms.